The zero-order valence-corrected chi connectivity index (χ0v) is 22.5. The maximum Gasteiger partial charge on any atom is 0.254 e. The summed E-state index contributed by atoms with van der Waals surface area (Å²) in [5, 5.41) is 6.46. The van der Waals surface area contributed by atoms with Gasteiger partial charge in [0.1, 0.15) is 0 Å². The average molecular weight is 593 g/mol. The molecule has 0 radical (unpaired) electrons. The van der Waals surface area contributed by atoms with Gasteiger partial charge in [-0.15, -0.1) is 0 Å². The van der Waals surface area contributed by atoms with E-state index >= 15 is 0 Å². The molecule has 0 atom stereocenters. The molecule has 2 aliphatic heterocycles. The van der Waals surface area contributed by atoms with Crippen molar-refractivity contribution >= 4 is 60.7 Å². The highest BCUT2D eigenvalue weighted by atomic mass is 16.2. The van der Waals surface area contributed by atoms with E-state index in [2.05, 4.69) is 34.5 Å². The van der Waals surface area contributed by atoms with Crippen LogP contribution < -0.4 is 33.4 Å². The number of imide groups is 2. The first-order chi connectivity index (χ1) is 19.9. The van der Waals surface area contributed by atoms with Crippen LogP contribution in [0.3, 0.4) is 0 Å². The molecule has 0 aromatic heterocycles. The summed E-state index contributed by atoms with van der Waals surface area (Å²) in [6.45, 7) is 5.98. The summed E-state index contributed by atoms with van der Waals surface area (Å²) in [5.41, 5.74) is 8.12. The van der Waals surface area contributed by atoms with Crippen molar-refractivity contribution in [2.45, 2.75) is 0 Å². The van der Waals surface area contributed by atoms with E-state index in [1.54, 1.807) is 0 Å². The van der Waals surface area contributed by atoms with Gasteiger partial charge in [-0.25, -0.2) is 22.5 Å². The number of rotatable bonds is 16. The van der Waals surface area contributed by atoms with Gasteiger partial charge in [0.05, 0.1) is 26.2 Å². The third-order valence-electron chi connectivity index (χ3n) is 5.28. The summed E-state index contributed by atoms with van der Waals surface area (Å²) in [4.78, 5) is 95.9. The molecular weight excluding hydrogens is 560 g/mol. The van der Waals surface area contributed by atoms with E-state index in [1.165, 1.54) is 9.80 Å². The molecule has 20 nitrogen and oxygen atoms in total. The molecule has 0 unspecified atom stereocenters. The molecular formula is C22H32N12O8. The van der Waals surface area contributed by atoms with Crippen molar-refractivity contribution in [2.24, 2.45) is 21.9 Å². The van der Waals surface area contributed by atoms with Gasteiger partial charge in [0, 0.05) is 63.9 Å². The van der Waals surface area contributed by atoms with Gasteiger partial charge in [-0.1, -0.05) is 0 Å². The monoisotopic (exact) mass is 592 g/mol. The molecule has 20 heteroatoms. The summed E-state index contributed by atoms with van der Waals surface area (Å²) >= 11 is 0. The zero-order valence-electron chi connectivity index (χ0n) is 22.5. The van der Waals surface area contributed by atoms with E-state index in [1.807, 2.05) is 10.9 Å². The number of amides is 8. The summed E-state index contributed by atoms with van der Waals surface area (Å²) in [6, 6.07) is 0. The fourth-order valence-corrected chi connectivity index (χ4v) is 3.36. The van der Waals surface area contributed by atoms with Crippen LogP contribution >= 0.6 is 0 Å². The molecule has 8 N–H and O–H groups in total. The molecule has 2 aliphatic rings. The quantitative estimate of drug-likeness (QED) is 0.0321. The Kier molecular flexibility index (Phi) is 15.1. The minimum absolute atomic E-state index is 0.0499. The number of hydrogen-bond acceptors (Lipinski definition) is 14. The van der Waals surface area contributed by atoms with Gasteiger partial charge in [-0.05, 0) is 0 Å². The van der Waals surface area contributed by atoms with Crippen LogP contribution in [-0.2, 0) is 38.4 Å². The molecule has 228 valence electrons. The molecule has 2 heterocycles. The van der Waals surface area contributed by atoms with Crippen LogP contribution in [0.25, 0.3) is 0 Å². The van der Waals surface area contributed by atoms with Gasteiger partial charge in [0.2, 0.25) is 11.8 Å². The third kappa shape index (κ3) is 12.3. The number of hydrogen-bond donors (Lipinski definition) is 6. The van der Waals surface area contributed by atoms with Crippen molar-refractivity contribution in [1.29, 1.82) is 0 Å². The van der Waals surface area contributed by atoms with Crippen LogP contribution in [0.5, 0.6) is 0 Å². The Hall–Kier alpha value is -5.18. The number of carbonyl (C=O) groups excluding carboxylic acids is 8. The molecule has 0 saturated carbocycles. The number of carbonyl (C=O) groups is 8. The minimum atomic E-state index is -0.507. The number of hydrazine groups is 2. The lowest BCUT2D eigenvalue weighted by atomic mass is 10.4. The second kappa shape index (κ2) is 18.2. The standard InChI is InChI=1S/C12H16N6O4.C10H16N6O4/c1-13-15-9(19)7-17(8-10(20)16-14-2)5-6-18-11(21)3-4-12(18)22;11-13-7(17)5-15(6-8(18)14-12)3-4-16-9(19)1-2-10(16)20/h3-4H,1-2,5-8H2,(H,15,19)(H,16,20);1-2H,3-6,11-12H2,(H,13,17)(H,14,18). The topological polar surface area (TPSA) is 274 Å². The number of nitrogens with one attached hydrogen (secondary N) is 4. The van der Waals surface area contributed by atoms with Crippen molar-refractivity contribution in [1.82, 2.24) is 41.3 Å². The molecule has 0 fully saturated rings. The van der Waals surface area contributed by atoms with Crippen molar-refractivity contribution in [3.63, 3.8) is 0 Å². The molecule has 2 rings (SSSR count). The van der Waals surface area contributed by atoms with Gasteiger partial charge in [-0.2, -0.15) is 10.2 Å². The molecule has 8 amide bonds. The Balaban J connectivity index is 0.000000422. The van der Waals surface area contributed by atoms with Gasteiger partial charge >= 0.3 is 0 Å². The summed E-state index contributed by atoms with van der Waals surface area (Å²) < 4.78 is 0. The van der Waals surface area contributed by atoms with E-state index in [9.17, 15) is 38.4 Å². The highest BCUT2D eigenvalue weighted by molar-refractivity contribution is 6.13. The predicted octanol–water partition coefficient (Wildman–Crippen LogP) is -6.13. The fraction of sp³-hybridized carbons (Fsp3) is 0.364. The molecule has 0 saturated heterocycles. The van der Waals surface area contributed by atoms with E-state index in [4.69, 9.17) is 11.7 Å². The Morgan fingerprint density at radius 2 is 0.905 bits per heavy atom. The number of nitrogens with zero attached hydrogens (tertiary/aromatic N) is 6. The van der Waals surface area contributed by atoms with E-state index in [0.29, 0.717) is 0 Å². The Morgan fingerprint density at radius 1 is 0.619 bits per heavy atom. The second-order valence-electron chi connectivity index (χ2n) is 8.27. The molecule has 0 aliphatic carbocycles. The lowest BCUT2D eigenvalue weighted by molar-refractivity contribution is -0.138. The van der Waals surface area contributed by atoms with E-state index < -0.39 is 47.3 Å². The summed E-state index contributed by atoms with van der Waals surface area (Å²) in [6.07, 6.45) is 4.64. The van der Waals surface area contributed by atoms with Crippen molar-refractivity contribution < 1.29 is 38.4 Å². The van der Waals surface area contributed by atoms with Crippen LogP contribution in [0, 0.1) is 0 Å². The third-order valence-corrected chi connectivity index (χ3v) is 5.28. The first-order valence-corrected chi connectivity index (χ1v) is 11.9. The van der Waals surface area contributed by atoms with E-state index in [0.717, 1.165) is 34.1 Å². The normalized spacial score (nSPS) is 13.7. The van der Waals surface area contributed by atoms with Gasteiger partial charge in [0.15, 0.2) is 0 Å². The lowest BCUT2D eigenvalue weighted by Crippen LogP contribution is -2.48. The van der Waals surface area contributed by atoms with Gasteiger partial charge in [-0.3, -0.25) is 68.8 Å². The number of hydrazone groups is 2. The first-order valence-electron chi connectivity index (χ1n) is 11.9. The Bertz CT molecular complexity index is 1080. The Morgan fingerprint density at radius 3 is 1.17 bits per heavy atom. The smallest absolute Gasteiger partial charge is 0.254 e. The van der Waals surface area contributed by atoms with Crippen molar-refractivity contribution in [3.05, 3.63) is 24.3 Å². The number of nitrogens with two attached hydrogens (primary N) is 2. The molecule has 0 bridgehead atoms. The SMILES string of the molecule is C=NNC(=O)CN(CCN1C(=O)C=CC1=O)CC(=O)NN=C.NNC(=O)CN(CCN1C(=O)C=CC1=O)CC(=O)NN. The van der Waals surface area contributed by atoms with Crippen LogP contribution in [0.2, 0.25) is 0 Å². The molecule has 42 heavy (non-hydrogen) atoms. The molecule has 0 aromatic rings. The van der Waals surface area contributed by atoms with Gasteiger partial charge in [0.25, 0.3) is 35.4 Å². The summed E-state index contributed by atoms with van der Waals surface area (Å²) in [7, 11) is 0. The van der Waals surface area contributed by atoms with Crippen LogP contribution in [-0.4, -0.2) is 133 Å². The maximum absolute atomic E-state index is 11.5. The van der Waals surface area contributed by atoms with Crippen molar-refractivity contribution in [3.8, 4) is 0 Å². The largest absolute Gasteiger partial charge is 0.293 e. The molecule has 0 aromatic carbocycles. The van der Waals surface area contributed by atoms with Gasteiger partial charge < -0.3 is 0 Å². The Labute approximate surface area is 239 Å². The van der Waals surface area contributed by atoms with Crippen molar-refractivity contribution in [2.75, 3.05) is 52.4 Å². The highest BCUT2D eigenvalue weighted by Crippen LogP contribution is 2.04. The lowest BCUT2D eigenvalue weighted by Gasteiger charge is -2.23. The minimum Gasteiger partial charge on any atom is -0.293 e. The zero-order chi connectivity index (χ0) is 31.7. The summed E-state index contributed by atoms with van der Waals surface area (Å²) in [5.74, 6) is 6.24. The first kappa shape index (κ1) is 34.8. The van der Waals surface area contributed by atoms with E-state index in [-0.39, 0.29) is 52.4 Å². The van der Waals surface area contributed by atoms with Crippen LogP contribution in [0.4, 0.5) is 0 Å². The van der Waals surface area contributed by atoms with Crippen LogP contribution in [0.15, 0.2) is 34.5 Å². The molecule has 0 spiro atoms. The predicted molar refractivity (Wildman–Crippen MR) is 145 cm³/mol. The second-order valence-corrected chi connectivity index (χ2v) is 8.27. The average Bonchev–Trinajstić information content (AvgIpc) is 3.44. The van der Waals surface area contributed by atoms with Crippen LogP contribution in [0.1, 0.15) is 0 Å². The highest BCUT2D eigenvalue weighted by Gasteiger charge is 2.25. The fourth-order valence-electron chi connectivity index (χ4n) is 3.36. The maximum atomic E-state index is 11.5.